The Labute approximate surface area is 197 Å². The van der Waals surface area contributed by atoms with E-state index < -0.39 is 10.4 Å². The van der Waals surface area contributed by atoms with E-state index in [2.05, 4.69) is 60.5 Å². The van der Waals surface area contributed by atoms with Crippen molar-refractivity contribution in [3.05, 3.63) is 83.9 Å². The maximum atomic E-state index is 10.0. The third kappa shape index (κ3) is 15.9. The van der Waals surface area contributed by atoms with Crippen LogP contribution < -0.4 is 0 Å². The third-order valence-electron chi connectivity index (χ3n) is 4.43. The molecule has 2 aromatic rings. The zero-order valence-corrected chi connectivity index (χ0v) is 20.8. The van der Waals surface area contributed by atoms with Crippen molar-refractivity contribution < 1.29 is 17.2 Å². The molecule has 0 aliphatic rings. The molecule has 0 saturated heterocycles. The molecule has 0 heterocycles. The lowest BCUT2D eigenvalue weighted by molar-refractivity contribution is 0.288. The smallest absolute Gasteiger partial charge is 0.217 e. The van der Waals surface area contributed by atoms with Gasteiger partial charge >= 0.3 is 0 Å². The molecule has 0 atom stereocenters. The Bertz CT molecular complexity index is 855. The van der Waals surface area contributed by atoms with Crippen LogP contribution in [0.25, 0.3) is 12.2 Å². The van der Waals surface area contributed by atoms with Gasteiger partial charge in [0.05, 0.1) is 6.61 Å². The van der Waals surface area contributed by atoms with Crippen LogP contribution in [0.15, 0.2) is 72.8 Å². The van der Waals surface area contributed by atoms with Crippen molar-refractivity contribution in [1.29, 1.82) is 0 Å². The van der Waals surface area contributed by atoms with Gasteiger partial charge in [-0.2, -0.15) is 0 Å². The molecule has 0 amide bonds. The van der Waals surface area contributed by atoms with Gasteiger partial charge in [-0.05, 0) is 40.9 Å². The third-order valence-corrected chi connectivity index (χ3v) is 7.25. The molecule has 176 valence electrons. The molecular weight excluding hydrogens is 440 g/mol. The molecule has 0 bridgehead atoms. The van der Waals surface area contributed by atoms with Gasteiger partial charge < -0.3 is 4.55 Å². The van der Waals surface area contributed by atoms with E-state index in [9.17, 15) is 13.0 Å². The summed E-state index contributed by atoms with van der Waals surface area (Å²) < 4.78 is 34.1. The predicted octanol–water partition coefficient (Wildman–Crippen LogP) is 6.09. The Morgan fingerprint density at radius 2 is 1.28 bits per heavy atom. The van der Waals surface area contributed by atoms with Crippen molar-refractivity contribution in [1.82, 2.24) is 0 Å². The molecule has 0 aliphatic heterocycles. The van der Waals surface area contributed by atoms with E-state index in [4.69, 9.17) is 0 Å². The normalized spacial score (nSPS) is 11.8. The lowest BCUT2D eigenvalue weighted by Gasteiger charge is -2.05. The summed E-state index contributed by atoms with van der Waals surface area (Å²) in [5.41, 5.74) is 2.24. The number of benzene rings is 2. The average Bonchev–Trinajstić information content (AvgIpc) is 2.79. The van der Waals surface area contributed by atoms with Gasteiger partial charge in [0.25, 0.3) is 0 Å². The van der Waals surface area contributed by atoms with E-state index in [0.29, 0.717) is 10.9 Å². The van der Waals surface area contributed by atoms with Crippen molar-refractivity contribution in [3.8, 4) is 0 Å². The Morgan fingerprint density at radius 3 is 1.72 bits per heavy atom. The van der Waals surface area contributed by atoms with Crippen molar-refractivity contribution >= 4 is 33.4 Å². The monoisotopic (exact) mass is 476 g/mol. The van der Waals surface area contributed by atoms with Crippen LogP contribution in [0.4, 0.5) is 0 Å². The molecular formula is C26H36O4S2. The largest absolute Gasteiger partial charge is 0.726 e. The second-order valence-electron chi connectivity index (χ2n) is 7.21. The summed E-state index contributed by atoms with van der Waals surface area (Å²) in [6.45, 7) is 4.35. The highest BCUT2D eigenvalue weighted by molar-refractivity contribution is 7.96. The van der Waals surface area contributed by atoms with Gasteiger partial charge in [0.2, 0.25) is 10.4 Å². The molecule has 0 aromatic heterocycles. The Kier molecular flexibility index (Phi) is 15.6. The van der Waals surface area contributed by atoms with Crippen molar-refractivity contribution in [3.63, 3.8) is 0 Å². The zero-order chi connectivity index (χ0) is 23.5. The van der Waals surface area contributed by atoms with Gasteiger partial charge in [0, 0.05) is 0 Å². The summed E-state index contributed by atoms with van der Waals surface area (Å²) in [6, 6.07) is 19.9. The van der Waals surface area contributed by atoms with Gasteiger partial charge in [-0.25, -0.2) is 8.42 Å². The molecule has 2 aromatic carbocycles. The van der Waals surface area contributed by atoms with E-state index in [-0.39, 0.29) is 6.61 Å². The molecule has 4 nitrogen and oxygen atoms in total. The van der Waals surface area contributed by atoms with Crippen LogP contribution in [0.2, 0.25) is 0 Å². The minimum atomic E-state index is -4.58. The van der Waals surface area contributed by atoms with Crippen molar-refractivity contribution in [2.75, 3.05) is 23.9 Å². The van der Waals surface area contributed by atoms with Gasteiger partial charge in [-0.1, -0.05) is 106 Å². The predicted molar refractivity (Wildman–Crippen MR) is 138 cm³/mol. The first kappa shape index (κ1) is 28.2. The van der Waals surface area contributed by atoms with Gasteiger partial charge in [0.15, 0.2) is 0 Å². The van der Waals surface area contributed by atoms with E-state index in [0.717, 1.165) is 5.56 Å². The van der Waals surface area contributed by atoms with Gasteiger partial charge in [-0.15, -0.1) is 0 Å². The number of hydrogen-bond donors (Lipinski definition) is 0. The maximum absolute atomic E-state index is 10.0. The van der Waals surface area contributed by atoms with Crippen molar-refractivity contribution in [2.24, 2.45) is 0 Å². The van der Waals surface area contributed by atoms with Crippen LogP contribution in [-0.4, -0.2) is 36.8 Å². The minimum absolute atomic E-state index is 0.235. The van der Waals surface area contributed by atoms with E-state index in [1.54, 1.807) is 6.08 Å². The fourth-order valence-corrected chi connectivity index (χ4v) is 5.27. The lowest BCUT2D eigenvalue weighted by Crippen LogP contribution is -2.15. The highest BCUT2D eigenvalue weighted by atomic mass is 32.3. The number of rotatable bonds is 13. The molecule has 2 rings (SSSR count). The number of unbranched alkanes of at least 4 members (excludes halogenated alkanes) is 2. The van der Waals surface area contributed by atoms with Crippen LogP contribution in [0.5, 0.6) is 0 Å². The van der Waals surface area contributed by atoms with Crippen LogP contribution in [-0.2, 0) is 25.5 Å². The molecule has 0 spiro atoms. The Balaban J connectivity index is 0.000000330. The van der Waals surface area contributed by atoms with Crippen molar-refractivity contribution in [2.45, 2.75) is 39.5 Å². The van der Waals surface area contributed by atoms with Gasteiger partial charge in [-0.3, -0.25) is 4.18 Å². The summed E-state index contributed by atoms with van der Waals surface area (Å²) in [5.74, 6) is 4.13. The Morgan fingerprint density at radius 1 is 0.812 bits per heavy atom. The van der Waals surface area contributed by atoms with Crippen LogP contribution in [0.1, 0.15) is 50.7 Å². The molecule has 0 aliphatic carbocycles. The molecule has 32 heavy (non-hydrogen) atoms. The van der Waals surface area contributed by atoms with E-state index in [1.807, 2.05) is 30.3 Å². The molecule has 6 heteroatoms. The fraction of sp³-hybridized carbons (Fsp3) is 0.385. The second-order valence-corrected chi connectivity index (χ2v) is 10.6. The first-order valence-corrected chi connectivity index (χ1v) is 14.2. The van der Waals surface area contributed by atoms with E-state index >= 15 is 0 Å². The highest BCUT2D eigenvalue weighted by Crippen LogP contribution is 2.08. The molecule has 0 saturated carbocycles. The highest BCUT2D eigenvalue weighted by Gasteiger charge is 2.14. The summed E-state index contributed by atoms with van der Waals surface area (Å²) in [5, 5.41) is 0. The maximum Gasteiger partial charge on any atom is 0.217 e. The standard InChI is InChI=1S/C17H27S.C9H10O4S/c1-3-5-14-18(15-6-4-2)16-10-13-17-11-8-7-9-12-17;10-14(11,12)13-8-4-7-9-5-2-1-3-6-9/h7-13H,3-6,14-16H2,1-2H3;1-7H,8H2,(H,10,11,12)/q+1;/p-1/b13-10+;7-4+. The van der Waals surface area contributed by atoms with Crippen LogP contribution >= 0.6 is 0 Å². The zero-order valence-electron chi connectivity index (χ0n) is 19.2. The first-order valence-electron chi connectivity index (χ1n) is 11.1. The van der Waals surface area contributed by atoms with Crippen LogP contribution in [0.3, 0.4) is 0 Å². The molecule has 0 radical (unpaired) electrons. The summed E-state index contributed by atoms with van der Waals surface area (Å²) in [4.78, 5) is 0. The topological polar surface area (TPSA) is 66.4 Å². The first-order chi connectivity index (χ1) is 15.4. The number of hydrogen-bond acceptors (Lipinski definition) is 4. The molecule has 0 unspecified atom stereocenters. The van der Waals surface area contributed by atoms with Crippen LogP contribution in [0, 0.1) is 0 Å². The molecule has 0 N–H and O–H groups in total. The molecule has 0 fully saturated rings. The fourth-order valence-electron chi connectivity index (χ4n) is 2.72. The quantitative estimate of drug-likeness (QED) is 0.199. The average molecular weight is 477 g/mol. The second kappa shape index (κ2) is 17.7. The summed E-state index contributed by atoms with van der Waals surface area (Å²) in [6.07, 6.45) is 13.2. The summed E-state index contributed by atoms with van der Waals surface area (Å²) in [7, 11) is -3.96. The lowest BCUT2D eigenvalue weighted by atomic mass is 10.2. The van der Waals surface area contributed by atoms with Gasteiger partial charge in [0.1, 0.15) is 17.3 Å². The SMILES string of the molecule is CCCC[S+](C/C=C/c1ccccc1)CCCC.O=S(=O)([O-])OC/C=C/c1ccccc1. The summed E-state index contributed by atoms with van der Waals surface area (Å²) >= 11 is 0. The van der Waals surface area contributed by atoms with E-state index in [1.165, 1.54) is 54.6 Å². The Hall–Kier alpha value is -1.86. The minimum Gasteiger partial charge on any atom is -0.726 e.